The molecule has 214 valence electrons. The molecule has 0 aliphatic carbocycles. The third kappa shape index (κ3) is 7.46. The monoisotopic (exact) mass is 576 g/mol. The van der Waals surface area contributed by atoms with Gasteiger partial charge in [-0.25, -0.2) is 17.8 Å². The number of imidazole rings is 1. The summed E-state index contributed by atoms with van der Waals surface area (Å²) in [6, 6.07) is 24.1. The minimum atomic E-state index is -3.81. The summed E-state index contributed by atoms with van der Waals surface area (Å²) in [5, 5.41) is -0.0495. The lowest BCUT2D eigenvalue weighted by molar-refractivity contribution is 0.0319. The summed E-state index contributed by atoms with van der Waals surface area (Å²) in [6.07, 6.45) is 1.53. The van der Waals surface area contributed by atoms with Crippen molar-refractivity contribution in [1.29, 1.82) is 0 Å². The summed E-state index contributed by atoms with van der Waals surface area (Å²) in [7, 11) is -3.81. The van der Waals surface area contributed by atoms with E-state index in [1.807, 2.05) is 36.4 Å². The standard InChI is InChI=1S/C31H33FN4O4S/c32-28-13-7-12-27(20-28)30(37)35(15-14-34-16-18-40-19-17-34)23-29-21-33-31(36(29)22-25-8-3-1-4-9-25)41(38,39)24-26-10-5-2-6-11-26/h1-13,20-21H,14-19,22-24H2. The smallest absolute Gasteiger partial charge is 0.254 e. The molecule has 1 aliphatic rings. The van der Waals surface area contributed by atoms with Gasteiger partial charge in [-0.2, -0.15) is 0 Å². The van der Waals surface area contributed by atoms with E-state index in [1.165, 1.54) is 24.4 Å². The SMILES string of the molecule is O=C(c1cccc(F)c1)N(CCN1CCOCC1)Cc1cnc(S(=O)(=O)Cc2ccccc2)n1Cc1ccccc1. The first-order valence-corrected chi connectivity index (χ1v) is 15.2. The Bertz CT molecular complexity index is 1560. The van der Waals surface area contributed by atoms with E-state index in [4.69, 9.17) is 4.74 Å². The lowest BCUT2D eigenvalue weighted by Crippen LogP contribution is -2.43. The summed E-state index contributed by atoms with van der Waals surface area (Å²) in [6.45, 7) is 4.14. The van der Waals surface area contributed by atoms with E-state index in [2.05, 4.69) is 9.88 Å². The number of amides is 1. The third-order valence-electron chi connectivity index (χ3n) is 7.06. The van der Waals surface area contributed by atoms with Crippen LogP contribution in [0.1, 0.15) is 27.2 Å². The van der Waals surface area contributed by atoms with Crippen LogP contribution in [0.2, 0.25) is 0 Å². The van der Waals surface area contributed by atoms with Crippen LogP contribution >= 0.6 is 0 Å². The number of benzene rings is 3. The number of rotatable bonds is 11. The summed E-state index contributed by atoms with van der Waals surface area (Å²) in [5.41, 5.74) is 2.38. The number of morpholine rings is 1. The number of carbonyl (C=O) groups is 1. The lowest BCUT2D eigenvalue weighted by atomic mass is 10.2. The molecule has 0 radical (unpaired) electrons. The molecular weight excluding hydrogens is 543 g/mol. The van der Waals surface area contributed by atoms with Gasteiger partial charge in [0, 0.05) is 31.7 Å². The van der Waals surface area contributed by atoms with Crippen LogP contribution in [0, 0.1) is 5.82 Å². The van der Waals surface area contributed by atoms with E-state index < -0.39 is 15.7 Å². The third-order valence-corrected chi connectivity index (χ3v) is 8.66. The van der Waals surface area contributed by atoms with Crippen molar-refractivity contribution in [2.75, 3.05) is 39.4 Å². The van der Waals surface area contributed by atoms with Crippen LogP contribution in [-0.4, -0.2) is 73.1 Å². The maximum Gasteiger partial charge on any atom is 0.254 e. The van der Waals surface area contributed by atoms with Crippen molar-refractivity contribution in [2.45, 2.75) is 24.0 Å². The summed E-state index contributed by atoms with van der Waals surface area (Å²) >= 11 is 0. The van der Waals surface area contributed by atoms with E-state index in [9.17, 15) is 17.6 Å². The average molecular weight is 577 g/mol. The average Bonchev–Trinajstić information content (AvgIpc) is 3.39. The number of aromatic nitrogens is 2. The van der Waals surface area contributed by atoms with E-state index in [-0.39, 0.29) is 35.5 Å². The van der Waals surface area contributed by atoms with E-state index in [1.54, 1.807) is 39.8 Å². The van der Waals surface area contributed by atoms with Gasteiger partial charge in [0.2, 0.25) is 15.0 Å². The molecule has 5 rings (SSSR count). The molecule has 1 saturated heterocycles. The van der Waals surface area contributed by atoms with Crippen LogP contribution in [0.15, 0.2) is 96.3 Å². The van der Waals surface area contributed by atoms with Gasteiger partial charge in [0.15, 0.2) is 0 Å². The van der Waals surface area contributed by atoms with Crippen LogP contribution in [0.25, 0.3) is 0 Å². The van der Waals surface area contributed by atoms with Gasteiger partial charge in [-0.15, -0.1) is 0 Å². The first-order chi connectivity index (χ1) is 19.9. The molecule has 1 aromatic heterocycles. The predicted octanol–water partition coefficient (Wildman–Crippen LogP) is 4.02. The molecule has 10 heteroatoms. The lowest BCUT2D eigenvalue weighted by Gasteiger charge is -2.30. The van der Waals surface area contributed by atoms with E-state index in [0.29, 0.717) is 37.6 Å². The molecule has 2 heterocycles. The molecular formula is C31H33FN4O4S. The minimum Gasteiger partial charge on any atom is -0.379 e. The molecule has 8 nitrogen and oxygen atoms in total. The fourth-order valence-electron chi connectivity index (χ4n) is 4.90. The topological polar surface area (TPSA) is 84.7 Å². The predicted molar refractivity (Wildman–Crippen MR) is 154 cm³/mol. The Balaban J connectivity index is 1.48. The highest BCUT2D eigenvalue weighted by molar-refractivity contribution is 7.90. The number of halogens is 1. The van der Waals surface area contributed by atoms with E-state index >= 15 is 0 Å². The molecule has 0 spiro atoms. The molecule has 0 saturated carbocycles. The van der Waals surface area contributed by atoms with Crippen molar-refractivity contribution in [3.8, 4) is 0 Å². The summed E-state index contributed by atoms with van der Waals surface area (Å²) in [4.78, 5) is 21.9. The molecule has 41 heavy (non-hydrogen) atoms. The normalized spacial score (nSPS) is 14.2. The van der Waals surface area contributed by atoms with Crippen molar-refractivity contribution in [3.05, 3.63) is 119 Å². The van der Waals surface area contributed by atoms with Gasteiger partial charge in [0.05, 0.1) is 43.9 Å². The zero-order chi connectivity index (χ0) is 28.7. The number of hydrogen-bond acceptors (Lipinski definition) is 6. The van der Waals surface area contributed by atoms with Crippen molar-refractivity contribution >= 4 is 15.7 Å². The zero-order valence-corrected chi connectivity index (χ0v) is 23.5. The Labute approximate surface area is 239 Å². The maximum atomic E-state index is 14.0. The van der Waals surface area contributed by atoms with Crippen molar-refractivity contribution in [3.63, 3.8) is 0 Å². The van der Waals surface area contributed by atoms with Crippen LogP contribution in [-0.2, 0) is 33.4 Å². The second-order valence-electron chi connectivity index (χ2n) is 10.0. The van der Waals surface area contributed by atoms with Crippen LogP contribution < -0.4 is 0 Å². The largest absolute Gasteiger partial charge is 0.379 e. The fourth-order valence-corrected chi connectivity index (χ4v) is 6.39. The molecule has 0 bridgehead atoms. The van der Waals surface area contributed by atoms with E-state index in [0.717, 1.165) is 18.7 Å². The molecule has 1 fully saturated rings. The Hall–Kier alpha value is -3.86. The highest BCUT2D eigenvalue weighted by Gasteiger charge is 2.27. The quantitative estimate of drug-likeness (QED) is 0.268. The van der Waals surface area contributed by atoms with Crippen LogP contribution in [0.3, 0.4) is 0 Å². The molecule has 4 aromatic rings. The second-order valence-corrected chi connectivity index (χ2v) is 11.9. The number of nitrogens with zero attached hydrogens (tertiary/aromatic N) is 4. The Morgan fingerprint density at radius 3 is 2.29 bits per heavy atom. The van der Waals surface area contributed by atoms with Crippen LogP contribution in [0.4, 0.5) is 4.39 Å². The fraction of sp³-hybridized carbons (Fsp3) is 0.290. The van der Waals surface area contributed by atoms with Gasteiger partial charge >= 0.3 is 0 Å². The van der Waals surface area contributed by atoms with Crippen molar-refractivity contribution in [2.24, 2.45) is 0 Å². The molecule has 1 amide bonds. The number of sulfone groups is 1. The van der Waals surface area contributed by atoms with Crippen LogP contribution in [0.5, 0.6) is 0 Å². The van der Waals surface area contributed by atoms with Gasteiger partial charge in [-0.3, -0.25) is 9.69 Å². The Morgan fingerprint density at radius 2 is 1.61 bits per heavy atom. The molecule has 3 aromatic carbocycles. The zero-order valence-electron chi connectivity index (χ0n) is 22.7. The first kappa shape index (κ1) is 28.7. The van der Waals surface area contributed by atoms with Gasteiger partial charge in [0.25, 0.3) is 5.91 Å². The van der Waals surface area contributed by atoms with Gasteiger partial charge < -0.3 is 14.2 Å². The minimum absolute atomic E-state index is 0.0495. The molecule has 0 atom stereocenters. The number of carbonyl (C=O) groups excluding carboxylic acids is 1. The molecule has 1 aliphatic heterocycles. The van der Waals surface area contributed by atoms with Gasteiger partial charge in [-0.1, -0.05) is 66.7 Å². The number of hydrogen-bond donors (Lipinski definition) is 0. The van der Waals surface area contributed by atoms with Gasteiger partial charge in [-0.05, 0) is 29.3 Å². The highest BCUT2D eigenvalue weighted by atomic mass is 32.2. The summed E-state index contributed by atoms with van der Waals surface area (Å²) < 4.78 is 48.4. The van der Waals surface area contributed by atoms with Crippen molar-refractivity contribution in [1.82, 2.24) is 19.4 Å². The Morgan fingerprint density at radius 1 is 0.927 bits per heavy atom. The highest BCUT2D eigenvalue weighted by Crippen LogP contribution is 2.21. The Kier molecular flexibility index (Phi) is 9.23. The number of ether oxygens (including phenoxy) is 1. The molecule has 0 unspecified atom stereocenters. The second kappa shape index (κ2) is 13.2. The van der Waals surface area contributed by atoms with Gasteiger partial charge in [0.1, 0.15) is 5.82 Å². The maximum absolute atomic E-state index is 14.0. The van der Waals surface area contributed by atoms with Crippen molar-refractivity contribution < 1.29 is 22.3 Å². The molecule has 0 N–H and O–H groups in total. The first-order valence-electron chi connectivity index (χ1n) is 13.6. The summed E-state index contributed by atoms with van der Waals surface area (Å²) in [5.74, 6) is -1.02.